The summed E-state index contributed by atoms with van der Waals surface area (Å²) in [6, 6.07) is 5.70. The van der Waals surface area contributed by atoms with Crippen LogP contribution in [0.1, 0.15) is 44.7 Å². The zero-order chi connectivity index (χ0) is 21.9. The van der Waals surface area contributed by atoms with Crippen molar-refractivity contribution in [3.63, 3.8) is 0 Å². The van der Waals surface area contributed by atoms with Crippen molar-refractivity contribution in [2.75, 3.05) is 46.9 Å². The fourth-order valence-electron chi connectivity index (χ4n) is 3.59. The maximum absolute atomic E-state index is 14.0. The summed E-state index contributed by atoms with van der Waals surface area (Å²) in [5, 5.41) is 6.92. The number of ether oxygens (including phenoxy) is 1. The van der Waals surface area contributed by atoms with Gasteiger partial charge < -0.3 is 25.2 Å². The molecule has 30 heavy (non-hydrogen) atoms. The summed E-state index contributed by atoms with van der Waals surface area (Å²) in [5.41, 5.74) is 1.73. The lowest BCUT2D eigenvalue weighted by Gasteiger charge is -2.33. The second kappa shape index (κ2) is 12.9. The third kappa shape index (κ3) is 8.98. The standard InChI is InChI=1S/C23H40FN5O/c1-6-25-23(26-16-19-7-8-22(24)20(15-19)17-28(4)5)27-21-9-11-29(12-10-21)13-14-30-18(2)3/h7-8,15,18,21H,6,9-14,16-17H2,1-5H3,(H2,25,26,27). The molecule has 0 radical (unpaired) electrons. The molecular weight excluding hydrogens is 381 g/mol. The molecule has 0 saturated carbocycles. The summed E-state index contributed by atoms with van der Waals surface area (Å²) in [6.45, 7) is 12.1. The molecule has 1 aromatic carbocycles. The van der Waals surface area contributed by atoms with E-state index in [4.69, 9.17) is 9.73 Å². The number of hydrogen-bond donors (Lipinski definition) is 2. The van der Waals surface area contributed by atoms with Gasteiger partial charge in [-0.3, -0.25) is 0 Å². The Kier molecular flexibility index (Phi) is 10.5. The summed E-state index contributed by atoms with van der Waals surface area (Å²) in [6.07, 6.45) is 2.48. The van der Waals surface area contributed by atoms with Crippen molar-refractivity contribution >= 4 is 5.96 Å². The first-order chi connectivity index (χ1) is 14.4. The summed E-state index contributed by atoms with van der Waals surface area (Å²) in [4.78, 5) is 9.18. The minimum absolute atomic E-state index is 0.160. The predicted octanol–water partition coefficient (Wildman–Crippen LogP) is 2.83. The first-order valence-corrected chi connectivity index (χ1v) is 11.2. The van der Waals surface area contributed by atoms with Crippen LogP contribution in [0, 0.1) is 5.82 Å². The highest BCUT2D eigenvalue weighted by atomic mass is 19.1. The Morgan fingerprint density at radius 3 is 2.67 bits per heavy atom. The molecule has 1 heterocycles. The fourth-order valence-corrected chi connectivity index (χ4v) is 3.59. The second-order valence-electron chi connectivity index (χ2n) is 8.54. The zero-order valence-electron chi connectivity index (χ0n) is 19.4. The molecule has 2 rings (SSSR count). The molecule has 0 spiro atoms. The van der Waals surface area contributed by atoms with Gasteiger partial charge in [-0.15, -0.1) is 0 Å². The molecule has 1 aliphatic rings. The molecule has 0 atom stereocenters. The van der Waals surface area contributed by atoms with Gasteiger partial charge in [0.05, 0.1) is 19.3 Å². The van der Waals surface area contributed by atoms with Crippen LogP contribution in [-0.2, 0) is 17.8 Å². The molecule has 0 aromatic heterocycles. The van der Waals surface area contributed by atoms with Crippen LogP contribution in [0.4, 0.5) is 4.39 Å². The van der Waals surface area contributed by atoms with Gasteiger partial charge in [-0.25, -0.2) is 9.38 Å². The van der Waals surface area contributed by atoms with Crippen molar-refractivity contribution in [3.8, 4) is 0 Å². The van der Waals surface area contributed by atoms with E-state index in [2.05, 4.69) is 36.3 Å². The lowest BCUT2D eigenvalue weighted by Crippen LogP contribution is -2.49. The van der Waals surface area contributed by atoms with E-state index in [-0.39, 0.29) is 5.82 Å². The van der Waals surface area contributed by atoms with Gasteiger partial charge in [-0.05, 0) is 65.4 Å². The van der Waals surface area contributed by atoms with Crippen molar-refractivity contribution in [1.29, 1.82) is 0 Å². The van der Waals surface area contributed by atoms with Crippen LogP contribution in [0.2, 0.25) is 0 Å². The minimum Gasteiger partial charge on any atom is -0.377 e. The van der Waals surface area contributed by atoms with Crippen LogP contribution < -0.4 is 10.6 Å². The van der Waals surface area contributed by atoms with Gasteiger partial charge >= 0.3 is 0 Å². The molecule has 0 unspecified atom stereocenters. The molecular formula is C23H40FN5O. The van der Waals surface area contributed by atoms with Gasteiger partial charge in [0.1, 0.15) is 5.82 Å². The second-order valence-corrected chi connectivity index (χ2v) is 8.54. The predicted molar refractivity (Wildman–Crippen MR) is 122 cm³/mol. The number of likely N-dealkylation sites (tertiary alicyclic amines) is 1. The number of piperidine rings is 1. The number of nitrogens with one attached hydrogen (secondary N) is 2. The van der Waals surface area contributed by atoms with E-state index in [0.29, 0.717) is 30.8 Å². The molecule has 7 heteroatoms. The molecule has 0 aliphatic carbocycles. The van der Waals surface area contributed by atoms with Gasteiger partial charge in [0.2, 0.25) is 0 Å². The average molecular weight is 422 g/mol. The summed E-state index contributed by atoms with van der Waals surface area (Å²) < 4.78 is 19.7. The van der Waals surface area contributed by atoms with Gasteiger partial charge in [-0.1, -0.05) is 6.07 Å². The van der Waals surface area contributed by atoms with Crippen molar-refractivity contribution in [2.24, 2.45) is 4.99 Å². The molecule has 1 fully saturated rings. The average Bonchev–Trinajstić information content (AvgIpc) is 2.69. The van der Waals surface area contributed by atoms with Crippen molar-refractivity contribution in [2.45, 2.75) is 58.8 Å². The Labute approximate surface area is 181 Å². The van der Waals surface area contributed by atoms with Gasteiger partial charge in [0, 0.05) is 44.3 Å². The Balaban J connectivity index is 1.86. The van der Waals surface area contributed by atoms with Crippen LogP contribution in [-0.4, -0.2) is 74.8 Å². The number of halogens is 1. The zero-order valence-corrected chi connectivity index (χ0v) is 19.4. The maximum atomic E-state index is 14.0. The molecule has 2 N–H and O–H groups in total. The number of guanidine groups is 1. The van der Waals surface area contributed by atoms with E-state index < -0.39 is 0 Å². The Bertz CT molecular complexity index is 657. The van der Waals surface area contributed by atoms with E-state index in [1.54, 1.807) is 6.07 Å². The van der Waals surface area contributed by atoms with E-state index in [1.807, 2.05) is 31.1 Å². The van der Waals surface area contributed by atoms with Gasteiger partial charge in [-0.2, -0.15) is 0 Å². The molecule has 0 amide bonds. The third-order valence-electron chi connectivity index (χ3n) is 5.15. The topological polar surface area (TPSA) is 52.1 Å². The SMILES string of the molecule is CCNC(=NCc1ccc(F)c(CN(C)C)c1)NC1CCN(CCOC(C)C)CC1. The summed E-state index contributed by atoms with van der Waals surface area (Å²) in [7, 11) is 3.89. The summed E-state index contributed by atoms with van der Waals surface area (Å²) >= 11 is 0. The Morgan fingerprint density at radius 1 is 1.30 bits per heavy atom. The largest absolute Gasteiger partial charge is 0.377 e. The molecule has 1 saturated heterocycles. The highest BCUT2D eigenvalue weighted by Crippen LogP contribution is 2.14. The summed E-state index contributed by atoms with van der Waals surface area (Å²) in [5.74, 6) is 0.671. The molecule has 1 aliphatic heterocycles. The number of benzene rings is 1. The van der Waals surface area contributed by atoms with E-state index in [1.165, 1.54) is 0 Å². The van der Waals surface area contributed by atoms with E-state index in [0.717, 1.165) is 57.2 Å². The third-order valence-corrected chi connectivity index (χ3v) is 5.15. The van der Waals surface area contributed by atoms with Gasteiger partial charge in [0.25, 0.3) is 0 Å². The fraction of sp³-hybridized carbons (Fsp3) is 0.696. The lowest BCUT2D eigenvalue weighted by molar-refractivity contribution is 0.0532. The minimum atomic E-state index is -0.160. The Hall–Kier alpha value is -1.70. The van der Waals surface area contributed by atoms with E-state index >= 15 is 0 Å². The van der Waals surface area contributed by atoms with Crippen LogP contribution in [0.3, 0.4) is 0 Å². The molecule has 170 valence electrons. The highest BCUT2D eigenvalue weighted by molar-refractivity contribution is 5.80. The van der Waals surface area contributed by atoms with Crippen LogP contribution in [0.15, 0.2) is 23.2 Å². The number of nitrogens with zero attached hydrogens (tertiary/aromatic N) is 3. The van der Waals surface area contributed by atoms with E-state index in [9.17, 15) is 4.39 Å². The first-order valence-electron chi connectivity index (χ1n) is 11.2. The normalized spacial score (nSPS) is 16.5. The van der Waals surface area contributed by atoms with Crippen LogP contribution >= 0.6 is 0 Å². The first kappa shape index (κ1) is 24.6. The highest BCUT2D eigenvalue weighted by Gasteiger charge is 2.19. The number of aliphatic imine (C=N–C) groups is 1. The van der Waals surface area contributed by atoms with Crippen molar-refractivity contribution in [1.82, 2.24) is 20.4 Å². The number of rotatable bonds is 10. The van der Waals surface area contributed by atoms with Crippen LogP contribution in [0.5, 0.6) is 0 Å². The maximum Gasteiger partial charge on any atom is 0.191 e. The Morgan fingerprint density at radius 2 is 2.03 bits per heavy atom. The van der Waals surface area contributed by atoms with Crippen LogP contribution in [0.25, 0.3) is 0 Å². The monoisotopic (exact) mass is 421 g/mol. The van der Waals surface area contributed by atoms with Crippen molar-refractivity contribution in [3.05, 3.63) is 35.1 Å². The van der Waals surface area contributed by atoms with Gasteiger partial charge in [0.15, 0.2) is 5.96 Å². The van der Waals surface area contributed by atoms with Crippen molar-refractivity contribution < 1.29 is 9.13 Å². The molecule has 0 bridgehead atoms. The smallest absolute Gasteiger partial charge is 0.191 e. The molecule has 1 aromatic rings. The molecule has 6 nitrogen and oxygen atoms in total. The quantitative estimate of drug-likeness (QED) is 0.449. The lowest BCUT2D eigenvalue weighted by atomic mass is 10.1. The number of hydrogen-bond acceptors (Lipinski definition) is 4.